The molecule has 0 saturated heterocycles. The van der Waals surface area contributed by atoms with Crippen LogP contribution in [0.5, 0.6) is 5.75 Å². The molecule has 5 atom stereocenters. The monoisotopic (exact) mass is 361 g/mol. The molecule has 0 radical (unpaired) electrons. The molecule has 2 saturated carbocycles. The summed E-state index contributed by atoms with van der Waals surface area (Å²) < 4.78 is 17.5. The molecule has 5 nitrogen and oxygen atoms in total. The van der Waals surface area contributed by atoms with Gasteiger partial charge < -0.3 is 10.1 Å². The topological polar surface area (TPSA) is 72.5 Å². The number of aryl methyl sites for hydroxylation is 1. The Morgan fingerprint density at radius 3 is 3.00 bits per heavy atom. The Labute approximate surface area is 150 Å². The Hall–Kier alpha value is -1.69. The van der Waals surface area contributed by atoms with Crippen molar-refractivity contribution in [2.24, 2.45) is 17.8 Å². The number of hydrogen-bond donors (Lipinski definition) is 1. The summed E-state index contributed by atoms with van der Waals surface area (Å²) in [5, 5.41) is 2.89. The second kappa shape index (κ2) is 5.94. The molecule has 1 N–H and O–H groups in total. The van der Waals surface area contributed by atoms with E-state index in [1.54, 1.807) is 6.26 Å². The summed E-state index contributed by atoms with van der Waals surface area (Å²) >= 11 is 0. The quantitative estimate of drug-likeness (QED) is 0.888. The number of amides is 1. The van der Waals surface area contributed by atoms with Crippen molar-refractivity contribution in [1.82, 2.24) is 5.32 Å². The molecule has 0 unspecified atom stereocenters. The molecule has 1 aromatic rings. The van der Waals surface area contributed by atoms with Crippen LogP contribution in [0.15, 0.2) is 18.2 Å². The van der Waals surface area contributed by atoms with Gasteiger partial charge in [0.2, 0.25) is 5.91 Å². The molecule has 6 heteroatoms. The van der Waals surface area contributed by atoms with Gasteiger partial charge in [-0.3, -0.25) is 13.8 Å². The Kier molecular flexibility index (Phi) is 3.98. The van der Waals surface area contributed by atoms with E-state index in [1.807, 2.05) is 25.1 Å². The molecule has 4 rings (SSSR count). The van der Waals surface area contributed by atoms with Gasteiger partial charge in [0.15, 0.2) is 5.78 Å². The van der Waals surface area contributed by atoms with Crippen molar-refractivity contribution in [2.45, 2.75) is 31.8 Å². The van der Waals surface area contributed by atoms with E-state index in [1.165, 1.54) is 0 Å². The molecule has 1 amide bonds. The highest BCUT2D eigenvalue weighted by Gasteiger charge is 2.70. The number of fused-ring (bicyclic) bond motifs is 3. The number of rotatable bonds is 4. The molecule has 25 heavy (non-hydrogen) atoms. The maximum absolute atomic E-state index is 12.7. The predicted octanol–water partition coefficient (Wildman–Crippen LogP) is 1.85. The lowest BCUT2D eigenvalue weighted by molar-refractivity contribution is -0.124. The van der Waals surface area contributed by atoms with Crippen LogP contribution in [-0.2, 0) is 15.6 Å². The predicted molar refractivity (Wildman–Crippen MR) is 95.1 cm³/mol. The molecular formula is C19H23NO4S. The smallest absolute Gasteiger partial charge is 0.223 e. The van der Waals surface area contributed by atoms with E-state index in [-0.39, 0.29) is 23.5 Å². The number of ether oxygens (including phenoxy) is 1. The van der Waals surface area contributed by atoms with E-state index in [4.69, 9.17) is 4.74 Å². The third-order valence-corrected chi connectivity index (χ3v) is 6.66. The summed E-state index contributed by atoms with van der Waals surface area (Å²) in [4.78, 5) is 25.1. The molecule has 0 bridgehead atoms. The SMILES string of the molecule is Cc1ccc2c(c1)C(=O)C[C@]1(CC[C@@H]3[C@H](C(=O)NCC[S@@](C)=O)[C@@H]31)O2. The van der Waals surface area contributed by atoms with Gasteiger partial charge in [-0.25, -0.2) is 0 Å². The summed E-state index contributed by atoms with van der Waals surface area (Å²) in [6.07, 6.45) is 3.77. The molecular weight excluding hydrogens is 338 g/mol. The van der Waals surface area contributed by atoms with Crippen LogP contribution in [0.3, 0.4) is 0 Å². The van der Waals surface area contributed by atoms with Gasteiger partial charge in [-0.2, -0.15) is 0 Å². The van der Waals surface area contributed by atoms with Gasteiger partial charge in [-0.05, 0) is 37.8 Å². The first-order chi connectivity index (χ1) is 11.9. The van der Waals surface area contributed by atoms with Gasteiger partial charge in [0, 0.05) is 41.2 Å². The van der Waals surface area contributed by atoms with Crippen molar-refractivity contribution in [3.63, 3.8) is 0 Å². The third-order valence-electron chi connectivity index (χ3n) is 5.88. The standard InChI is InChI=1S/C19H23NO4S/c1-11-3-4-15-13(9-11)14(21)10-19(24-15)6-5-12-16(17(12)19)18(22)20-7-8-25(2)23/h3-4,9,12,16-17H,5-8,10H2,1-2H3,(H,20,22)/t12-,16+,17-,19+,25-/m1/s1. The summed E-state index contributed by atoms with van der Waals surface area (Å²) in [5.41, 5.74) is 1.20. The first-order valence-electron chi connectivity index (χ1n) is 8.82. The minimum atomic E-state index is -0.907. The van der Waals surface area contributed by atoms with Crippen LogP contribution in [0.1, 0.15) is 35.2 Å². The van der Waals surface area contributed by atoms with E-state index >= 15 is 0 Å². The van der Waals surface area contributed by atoms with Gasteiger partial charge in [-0.1, -0.05) is 11.6 Å². The first-order valence-corrected chi connectivity index (χ1v) is 10.5. The number of benzene rings is 1. The first kappa shape index (κ1) is 16.8. The Bertz CT molecular complexity index is 777. The van der Waals surface area contributed by atoms with Crippen molar-refractivity contribution < 1.29 is 18.5 Å². The van der Waals surface area contributed by atoms with Crippen LogP contribution < -0.4 is 10.1 Å². The summed E-state index contributed by atoms with van der Waals surface area (Å²) in [6.45, 7) is 2.40. The van der Waals surface area contributed by atoms with Crippen molar-refractivity contribution in [3.05, 3.63) is 29.3 Å². The van der Waals surface area contributed by atoms with E-state index in [9.17, 15) is 13.8 Å². The lowest BCUT2D eigenvalue weighted by Crippen LogP contribution is -2.44. The van der Waals surface area contributed by atoms with Crippen LogP contribution in [0.25, 0.3) is 0 Å². The van der Waals surface area contributed by atoms with Crippen molar-refractivity contribution >= 4 is 22.5 Å². The maximum Gasteiger partial charge on any atom is 0.223 e. The highest BCUT2D eigenvalue weighted by atomic mass is 32.2. The Morgan fingerprint density at radius 2 is 2.24 bits per heavy atom. The van der Waals surface area contributed by atoms with Crippen molar-refractivity contribution in [1.29, 1.82) is 0 Å². The molecule has 1 heterocycles. The van der Waals surface area contributed by atoms with Crippen LogP contribution in [0.2, 0.25) is 0 Å². The number of carbonyl (C=O) groups excluding carboxylic acids is 2. The largest absolute Gasteiger partial charge is 0.486 e. The zero-order valence-corrected chi connectivity index (χ0v) is 15.4. The molecule has 1 spiro atoms. The van der Waals surface area contributed by atoms with E-state index in [0.29, 0.717) is 35.9 Å². The van der Waals surface area contributed by atoms with Gasteiger partial charge in [0.1, 0.15) is 11.4 Å². The average Bonchev–Trinajstić information content (AvgIpc) is 3.20. The molecule has 2 aliphatic carbocycles. The number of carbonyl (C=O) groups is 2. The second-order valence-corrected chi connectivity index (χ2v) is 9.14. The van der Waals surface area contributed by atoms with Crippen molar-refractivity contribution in [3.8, 4) is 5.75 Å². The lowest BCUT2D eigenvalue weighted by Gasteiger charge is -2.37. The van der Waals surface area contributed by atoms with Crippen LogP contribution in [0, 0.1) is 24.7 Å². The van der Waals surface area contributed by atoms with E-state index in [0.717, 1.165) is 18.4 Å². The minimum absolute atomic E-state index is 0.0188. The fourth-order valence-corrected chi connectivity index (χ4v) is 5.11. The van der Waals surface area contributed by atoms with E-state index < -0.39 is 16.4 Å². The molecule has 3 aliphatic rings. The van der Waals surface area contributed by atoms with E-state index in [2.05, 4.69) is 5.32 Å². The fourth-order valence-electron chi connectivity index (χ4n) is 4.72. The second-order valence-electron chi connectivity index (χ2n) is 7.59. The minimum Gasteiger partial charge on any atom is -0.486 e. The lowest BCUT2D eigenvalue weighted by atomic mass is 9.84. The fraction of sp³-hybridized carbons (Fsp3) is 0.579. The summed E-state index contributed by atoms with van der Waals surface area (Å²) in [6, 6.07) is 5.73. The highest BCUT2D eigenvalue weighted by Crippen LogP contribution is 2.65. The number of hydrogen-bond acceptors (Lipinski definition) is 4. The Balaban J connectivity index is 1.49. The zero-order chi connectivity index (χ0) is 17.8. The summed E-state index contributed by atoms with van der Waals surface area (Å²) in [7, 11) is -0.907. The molecule has 1 aliphatic heterocycles. The average molecular weight is 361 g/mol. The summed E-state index contributed by atoms with van der Waals surface area (Å²) in [5.74, 6) is 1.64. The van der Waals surface area contributed by atoms with Gasteiger partial charge in [0.05, 0.1) is 12.0 Å². The molecule has 2 fully saturated rings. The van der Waals surface area contributed by atoms with Crippen LogP contribution in [0.4, 0.5) is 0 Å². The number of Topliss-reactive ketones (excluding diaryl/α,β-unsaturated/α-hetero) is 1. The number of nitrogens with one attached hydrogen (secondary N) is 1. The van der Waals surface area contributed by atoms with Gasteiger partial charge in [0.25, 0.3) is 0 Å². The zero-order valence-electron chi connectivity index (χ0n) is 14.5. The number of ketones is 1. The molecule has 1 aromatic carbocycles. The normalized spacial score (nSPS) is 33.4. The van der Waals surface area contributed by atoms with Crippen LogP contribution >= 0.6 is 0 Å². The van der Waals surface area contributed by atoms with Crippen LogP contribution in [-0.4, -0.2) is 40.1 Å². The van der Waals surface area contributed by atoms with Gasteiger partial charge >= 0.3 is 0 Å². The molecule has 0 aromatic heterocycles. The van der Waals surface area contributed by atoms with Crippen molar-refractivity contribution in [2.75, 3.05) is 18.6 Å². The van der Waals surface area contributed by atoms with Gasteiger partial charge in [-0.15, -0.1) is 0 Å². The highest BCUT2D eigenvalue weighted by molar-refractivity contribution is 7.84. The Morgan fingerprint density at radius 1 is 1.44 bits per heavy atom. The maximum atomic E-state index is 12.7. The third kappa shape index (κ3) is 2.80. The molecule has 134 valence electrons.